The molecule has 3 rings (SSSR count). The summed E-state index contributed by atoms with van der Waals surface area (Å²) in [4.78, 5) is 21.1. The average molecular weight is 343 g/mol. The molecule has 0 spiro atoms. The van der Waals surface area contributed by atoms with Gasteiger partial charge in [-0.15, -0.1) is 0 Å². The third-order valence-corrected chi connectivity index (χ3v) is 4.51. The number of nitrogens with one attached hydrogen (secondary N) is 1. The molecule has 2 heterocycles. The second kappa shape index (κ2) is 8.11. The van der Waals surface area contributed by atoms with Crippen LogP contribution in [-0.2, 0) is 6.42 Å². The lowest BCUT2D eigenvalue weighted by atomic mass is 10.1. The predicted octanol–water partition coefficient (Wildman–Crippen LogP) is 1.49. The van der Waals surface area contributed by atoms with E-state index in [1.165, 1.54) is 5.69 Å². The molecule has 1 fully saturated rings. The van der Waals surface area contributed by atoms with E-state index >= 15 is 0 Å². The first-order chi connectivity index (χ1) is 12.2. The summed E-state index contributed by atoms with van der Waals surface area (Å²) in [5.41, 5.74) is 1.84. The Morgan fingerprint density at radius 2 is 1.92 bits per heavy atom. The van der Waals surface area contributed by atoms with E-state index in [-0.39, 0.29) is 5.91 Å². The third kappa shape index (κ3) is 4.57. The van der Waals surface area contributed by atoms with Crippen LogP contribution in [0.3, 0.4) is 0 Å². The summed E-state index contributed by atoms with van der Waals surface area (Å²) < 4.78 is 5.03. The fourth-order valence-corrected chi connectivity index (χ4v) is 2.97. The number of anilines is 1. The standard InChI is InChI=1S/C18H25N5O2/c1-3-22-10-12-23(13-11-22)16-6-4-15(5-7-16)18(24)19-9-8-17-20-14(2)21-25-17/h4-7H,3,8-13H2,1-2H3,(H,19,24). The first-order valence-electron chi connectivity index (χ1n) is 8.80. The summed E-state index contributed by atoms with van der Waals surface area (Å²) in [7, 11) is 0. The average Bonchev–Trinajstić information content (AvgIpc) is 3.07. The number of likely N-dealkylation sites (N-methyl/N-ethyl adjacent to an activating group) is 1. The first kappa shape index (κ1) is 17.4. The van der Waals surface area contributed by atoms with Gasteiger partial charge in [-0.2, -0.15) is 4.98 Å². The van der Waals surface area contributed by atoms with Crippen molar-refractivity contribution in [2.24, 2.45) is 0 Å². The molecule has 1 N–H and O–H groups in total. The van der Waals surface area contributed by atoms with Gasteiger partial charge in [-0.3, -0.25) is 4.79 Å². The SMILES string of the molecule is CCN1CCN(c2ccc(C(=O)NCCc3nc(C)no3)cc2)CC1. The number of hydrogen-bond donors (Lipinski definition) is 1. The molecule has 1 amide bonds. The molecule has 1 aliphatic rings. The van der Waals surface area contributed by atoms with Crippen molar-refractivity contribution in [1.82, 2.24) is 20.4 Å². The maximum Gasteiger partial charge on any atom is 0.251 e. The van der Waals surface area contributed by atoms with E-state index in [1.54, 1.807) is 6.92 Å². The van der Waals surface area contributed by atoms with Gasteiger partial charge in [-0.25, -0.2) is 0 Å². The molecule has 0 aliphatic carbocycles. The summed E-state index contributed by atoms with van der Waals surface area (Å²) in [6.45, 7) is 9.79. The van der Waals surface area contributed by atoms with Crippen LogP contribution < -0.4 is 10.2 Å². The molecular formula is C18H25N5O2. The van der Waals surface area contributed by atoms with Crippen LogP contribution in [0.25, 0.3) is 0 Å². The Labute approximate surface area is 148 Å². The Morgan fingerprint density at radius 3 is 2.52 bits per heavy atom. The number of benzene rings is 1. The topological polar surface area (TPSA) is 74.5 Å². The van der Waals surface area contributed by atoms with Gasteiger partial charge in [-0.05, 0) is 37.7 Å². The Kier molecular flexibility index (Phi) is 5.65. The van der Waals surface area contributed by atoms with E-state index in [0.29, 0.717) is 30.2 Å². The molecule has 0 saturated carbocycles. The molecule has 1 aliphatic heterocycles. The van der Waals surface area contributed by atoms with E-state index in [0.717, 1.165) is 32.7 Å². The van der Waals surface area contributed by atoms with Crippen LogP contribution in [0.4, 0.5) is 5.69 Å². The van der Waals surface area contributed by atoms with E-state index < -0.39 is 0 Å². The lowest BCUT2D eigenvalue weighted by molar-refractivity contribution is 0.0953. The van der Waals surface area contributed by atoms with Crippen LogP contribution in [0.15, 0.2) is 28.8 Å². The van der Waals surface area contributed by atoms with Crippen LogP contribution in [0, 0.1) is 6.92 Å². The molecule has 2 aromatic rings. The number of carbonyl (C=O) groups is 1. The van der Waals surface area contributed by atoms with Gasteiger partial charge in [0.15, 0.2) is 5.82 Å². The maximum absolute atomic E-state index is 12.2. The molecule has 0 bridgehead atoms. The molecule has 1 aromatic carbocycles. The van der Waals surface area contributed by atoms with Crippen LogP contribution in [0.5, 0.6) is 0 Å². The number of hydrogen-bond acceptors (Lipinski definition) is 6. The second-order valence-electron chi connectivity index (χ2n) is 6.21. The van der Waals surface area contributed by atoms with Crippen molar-refractivity contribution in [2.45, 2.75) is 20.3 Å². The highest BCUT2D eigenvalue weighted by atomic mass is 16.5. The molecule has 7 nitrogen and oxygen atoms in total. The van der Waals surface area contributed by atoms with Crippen molar-refractivity contribution < 1.29 is 9.32 Å². The van der Waals surface area contributed by atoms with Gasteiger partial charge < -0.3 is 19.6 Å². The van der Waals surface area contributed by atoms with Crippen LogP contribution in [0.1, 0.15) is 29.0 Å². The fraction of sp³-hybridized carbons (Fsp3) is 0.500. The van der Waals surface area contributed by atoms with Crippen LogP contribution in [0.2, 0.25) is 0 Å². The monoisotopic (exact) mass is 343 g/mol. The number of aryl methyl sites for hydroxylation is 1. The van der Waals surface area contributed by atoms with Crippen LogP contribution >= 0.6 is 0 Å². The summed E-state index contributed by atoms with van der Waals surface area (Å²) in [6, 6.07) is 7.82. The lowest BCUT2D eigenvalue weighted by Gasteiger charge is -2.35. The molecule has 0 unspecified atom stereocenters. The third-order valence-electron chi connectivity index (χ3n) is 4.51. The number of piperazine rings is 1. The van der Waals surface area contributed by atoms with Gasteiger partial charge in [0.1, 0.15) is 0 Å². The zero-order chi connectivity index (χ0) is 17.6. The van der Waals surface area contributed by atoms with E-state index in [2.05, 4.69) is 32.2 Å². The fourth-order valence-electron chi connectivity index (χ4n) is 2.97. The van der Waals surface area contributed by atoms with Crippen LogP contribution in [-0.4, -0.2) is 60.2 Å². The normalized spacial score (nSPS) is 15.4. The van der Waals surface area contributed by atoms with Gasteiger partial charge >= 0.3 is 0 Å². The number of carbonyl (C=O) groups excluding carboxylic acids is 1. The Bertz CT molecular complexity index is 690. The van der Waals surface area contributed by atoms with Gasteiger partial charge in [-0.1, -0.05) is 12.1 Å². The van der Waals surface area contributed by atoms with Crippen molar-refractivity contribution in [2.75, 3.05) is 44.2 Å². The lowest BCUT2D eigenvalue weighted by Crippen LogP contribution is -2.46. The van der Waals surface area contributed by atoms with Gasteiger partial charge in [0, 0.05) is 50.4 Å². The van der Waals surface area contributed by atoms with Crippen molar-refractivity contribution in [1.29, 1.82) is 0 Å². The van der Waals surface area contributed by atoms with Gasteiger partial charge in [0.05, 0.1) is 0 Å². The molecule has 7 heteroatoms. The number of aromatic nitrogens is 2. The summed E-state index contributed by atoms with van der Waals surface area (Å²) in [5.74, 6) is 1.06. The molecule has 0 atom stereocenters. The first-order valence-corrected chi connectivity index (χ1v) is 8.80. The predicted molar refractivity (Wildman–Crippen MR) is 95.8 cm³/mol. The quantitative estimate of drug-likeness (QED) is 0.857. The number of rotatable bonds is 6. The Balaban J connectivity index is 1.48. The minimum absolute atomic E-state index is 0.0846. The molecule has 0 radical (unpaired) electrons. The maximum atomic E-state index is 12.2. The van der Waals surface area contributed by atoms with Crippen molar-refractivity contribution in [3.05, 3.63) is 41.5 Å². The van der Waals surface area contributed by atoms with Gasteiger partial charge in [0.25, 0.3) is 5.91 Å². The highest BCUT2D eigenvalue weighted by Crippen LogP contribution is 2.17. The second-order valence-corrected chi connectivity index (χ2v) is 6.21. The Morgan fingerprint density at radius 1 is 1.20 bits per heavy atom. The summed E-state index contributed by atoms with van der Waals surface area (Å²) in [5, 5.41) is 6.61. The van der Waals surface area contributed by atoms with Crippen molar-refractivity contribution in [3.63, 3.8) is 0 Å². The highest BCUT2D eigenvalue weighted by Gasteiger charge is 2.16. The van der Waals surface area contributed by atoms with E-state index in [9.17, 15) is 4.79 Å². The molecular weight excluding hydrogens is 318 g/mol. The molecule has 1 saturated heterocycles. The number of nitrogens with zero attached hydrogens (tertiary/aromatic N) is 4. The minimum atomic E-state index is -0.0846. The highest BCUT2D eigenvalue weighted by molar-refractivity contribution is 5.94. The number of amides is 1. The molecule has 25 heavy (non-hydrogen) atoms. The minimum Gasteiger partial charge on any atom is -0.369 e. The summed E-state index contributed by atoms with van der Waals surface area (Å²) in [6.07, 6.45) is 0.534. The largest absolute Gasteiger partial charge is 0.369 e. The van der Waals surface area contributed by atoms with Crippen molar-refractivity contribution in [3.8, 4) is 0 Å². The van der Waals surface area contributed by atoms with E-state index in [4.69, 9.17) is 4.52 Å². The zero-order valence-corrected chi connectivity index (χ0v) is 14.9. The molecule has 134 valence electrons. The summed E-state index contributed by atoms with van der Waals surface area (Å²) >= 11 is 0. The van der Waals surface area contributed by atoms with Gasteiger partial charge in [0.2, 0.25) is 5.89 Å². The molecule has 1 aromatic heterocycles. The Hall–Kier alpha value is -2.41. The zero-order valence-electron chi connectivity index (χ0n) is 14.9. The smallest absolute Gasteiger partial charge is 0.251 e. The van der Waals surface area contributed by atoms with Crippen molar-refractivity contribution >= 4 is 11.6 Å². The van der Waals surface area contributed by atoms with E-state index in [1.807, 2.05) is 24.3 Å².